The summed E-state index contributed by atoms with van der Waals surface area (Å²) in [4.78, 5) is 0. The first-order valence-electron chi connectivity index (χ1n) is 7.31. The minimum atomic E-state index is 0.344. The standard InChI is InChI=1S/C9H7.2C4H10O.BrH.Ti/c1-2-5-9-7-3-6-8(9)4-1;2*1-2-3-4-5;;/h1-7H;2*5H,2-4H2,1H3;1H;/q-1;;;;+2/p-1. The van der Waals surface area contributed by atoms with E-state index in [1.54, 1.807) is 0 Å². The number of benzene rings is 1. The second kappa shape index (κ2) is 19.9. The van der Waals surface area contributed by atoms with E-state index in [2.05, 4.69) is 69.5 Å². The second-order valence-corrected chi connectivity index (χ2v) is 4.31. The van der Waals surface area contributed by atoms with Crippen LogP contribution in [0, 0.1) is 0 Å². The molecule has 2 aromatic rings. The number of hydrogen-bond acceptors (Lipinski definition) is 2. The van der Waals surface area contributed by atoms with Crippen LogP contribution in [0.4, 0.5) is 0 Å². The molecule has 0 unspecified atom stereocenters. The molecule has 0 aromatic heterocycles. The molecule has 2 aromatic carbocycles. The minimum Gasteiger partial charge on any atom is -0.168 e. The third kappa shape index (κ3) is 14.6. The summed E-state index contributed by atoms with van der Waals surface area (Å²) in [7, 11) is 0. The summed E-state index contributed by atoms with van der Waals surface area (Å²) >= 11 is 4.75. The molecule has 0 spiro atoms. The van der Waals surface area contributed by atoms with Crippen molar-refractivity contribution in [3.63, 3.8) is 0 Å². The van der Waals surface area contributed by atoms with E-state index in [9.17, 15) is 0 Å². The Bertz CT molecular complexity index is 364. The Labute approximate surface area is 147 Å². The van der Waals surface area contributed by atoms with Crippen molar-refractivity contribution in [1.29, 1.82) is 0 Å². The molecule has 0 atom stereocenters. The summed E-state index contributed by atoms with van der Waals surface area (Å²) in [6.45, 7) is 4.79. The quantitative estimate of drug-likeness (QED) is 0.572. The van der Waals surface area contributed by atoms with Gasteiger partial charge in [-0.15, -0.1) is 29.7 Å². The molecule has 0 saturated heterocycles. The number of rotatable bonds is 4. The number of aliphatic hydroxyl groups is 2. The SMILES string of the molecule is CCCCO.CCCCO.[Ti+][Br].c1ccc2[cH-]ccc2c1. The van der Waals surface area contributed by atoms with Crippen molar-refractivity contribution in [3.8, 4) is 0 Å². The summed E-state index contributed by atoms with van der Waals surface area (Å²) < 4.78 is 0. The smallest absolute Gasteiger partial charge is 0.0809 e. The van der Waals surface area contributed by atoms with Crippen LogP contribution >= 0.6 is 13.2 Å². The van der Waals surface area contributed by atoms with Crippen LogP contribution in [0.1, 0.15) is 39.5 Å². The van der Waals surface area contributed by atoms with Gasteiger partial charge < -0.3 is 10.2 Å². The van der Waals surface area contributed by atoms with Crippen molar-refractivity contribution in [3.05, 3.63) is 42.5 Å². The Balaban J connectivity index is 0. The van der Waals surface area contributed by atoms with Crippen LogP contribution < -0.4 is 0 Å². The Morgan fingerprint density at radius 1 is 0.952 bits per heavy atom. The van der Waals surface area contributed by atoms with E-state index in [4.69, 9.17) is 10.2 Å². The predicted molar refractivity (Wildman–Crippen MR) is 92.5 cm³/mol. The number of fused-ring (bicyclic) bond motifs is 1. The second-order valence-electron chi connectivity index (χ2n) is 4.31. The average molecular weight is 391 g/mol. The molecule has 118 valence electrons. The summed E-state index contributed by atoms with van der Waals surface area (Å²) in [5, 5.41) is 18.8. The van der Waals surface area contributed by atoms with Gasteiger partial charge >= 0.3 is 31.5 Å². The average Bonchev–Trinajstić information content (AvgIpc) is 3.01. The third-order valence-corrected chi connectivity index (χ3v) is 2.57. The van der Waals surface area contributed by atoms with Crippen molar-refractivity contribution in [2.24, 2.45) is 0 Å². The Morgan fingerprint density at radius 2 is 1.48 bits per heavy atom. The molecule has 0 saturated carbocycles. The first-order chi connectivity index (χ1) is 10.3. The summed E-state index contributed by atoms with van der Waals surface area (Å²) in [5.41, 5.74) is 0. The zero-order valence-electron chi connectivity index (χ0n) is 13.1. The van der Waals surface area contributed by atoms with E-state index in [0.717, 1.165) is 25.7 Å². The van der Waals surface area contributed by atoms with Gasteiger partial charge in [0.25, 0.3) is 0 Å². The fourth-order valence-corrected chi connectivity index (χ4v) is 1.39. The van der Waals surface area contributed by atoms with E-state index >= 15 is 0 Å². The van der Waals surface area contributed by atoms with Gasteiger partial charge in [0.15, 0.2) is 0 Å². The molecule has 4 heteroatoms. The van der Waals surface area contributed by atoms with E-state index in [1.807, 2.05) is 18.3 Å². The maximum Gasteiger partial charge on any atom is -0.0809 e. The topological polar surface area (TPSA) is 40.5 Å². The molecule has 2 rings (SSSR count). The van der Waals surface area contributed by atoms with Gasteiger partial charge in [-0.1, -0.05) is 32.8 Å². The van der Waals surface area contributed by atoms with Crippen LogP contribution in [-0.2, 0) is 18.3 Å². The summed E-state index contributed by atoms with van der Waals surface area (Å²) in [6, 6.07) is 14.7. The monoisotopic (exact) mass is 390 g/mol. The molecular formula is C17H27BrO2Ti. The molecule has 0 bridgehead atoms. The summed E-state index contributed by atoms with van der Waals surface area (Å²) in [6.07, 6.45) is 4.08. The normalized spacial score (nSPS) is 8.57. The fraction of sp³-hybridized carbons (Fsp3) is 0.471. The van der Waals surface area contributed by atoms with Crippen molar-refractivity contribution >= 4 is 23.9 Å². The first kappa shape index (κ1) is 23.2. The van der Waals surface area contributed by atoms with Gasteiger partial charge in [-0.2, -0.15) is 17.5 Å². The van der Waals surface area contributed by atoms with Crippen LogP contribution in [0.3, 0.4) is 0 Å². The molecule has 0 radical (unpaired) electrons. The number of halogens is 1. The van der Waals surface area contributed by atoms with Crippen molar-refractivity contribution in [1.82, 2.24) is 0 Å². The Morgan fingerprint density at radius 3 is 1.86 bits per heavy atom. The molecule has 0 aliphatic heterocycles. The van der Waals surface area contributed by atoms with Gasteiger partial charge in [0.05, 0.1) is 0 Å². The molecular weight excluding hydrogens is 364 g/mol. The van der Waals surface area contributed by atoms with E-state index in [0.29, 0.717) is 13.2 Å². The molecule has 0 aliphatic rings. The van der Waals surface area contributed by atoms with Gasteiger partial charge in [0.1, 0.15) is 0 Å². The van der Waals surface area contributed by atoms with Gasteiger partial charge in [0.2, 0.25) is 0 Å². The van der Waals surface area contributed by atoms with Crippen molar-refractivity contribution < 1.29 is 28.6 Å². The zero-order chi connectivity index (χ0) is 16.3. The Kier molecular flexibility index (Phi) is 22.0. The Hall–Kier alpha value is -0.0557. The van der Waals surface area contributed by atoms with Gasteiger partial charge in [0, 0.05) is 13.2 Å². The minimum absolute atomic E-state index is 0.344. The van der Waals surface area contributed by atoms with Crippen LogP contribution in [0.2, 0.25) is 0 Å². The van der Waals surface area contributed by atoms with Crippen molar-refractivity contribution in [2.45, 2.75) is 39.5 Å². The third-order valence-electron chi connectivity index (χ3n) is 2.57. The van der Waals surface area contributed by atoms with E-state index < -0.39 is 0 Å². The predicted octanol–water partition coefficient (Wildman–Crippen LogP) is 4.96. The zero-order valence-corrected chi connectivity index (χ0v) is 16.2. The molecule has 0 amide bonds. The maximum atomic E-state index is 8.07. The molecule has 21 heavy (non-hydrogen) atoms. The largest absolute Gasteiger partial charge is 0.168 e. The first-order valence-corrected chi connectivity index (χ1v) is 11.2. The number of hydrogen-bond donors (Lipinski definition) is 2. The van der Waals surface area contributed by atoms with Crippen LogP contribution in [-0.4, -0.2) is 23.4 Å². The molecule has 0 heterocycles. The van der Waals surface area contributed by atoms with Crippen LogP contribution in [0.5, 0.6) is 0 Å². The van der Waals surface area contributed by atoms with Gasteiger partial charge in [-0.25, -0.2) is 0 Å². The van der Waals surface area contributed by atoms with Crippen LogP contribution in [0.15, 0.2) is 42.5 Å². The molecule has 0 aliphatic carbocycles. The van der Waals surface area contributed by atoms with Crippen LogP contribution in [0.25, 0.3) is 10.8 Å². The summed E-state index contributed by atoms with van der Waals surface area (Å²) in [5.74, 6) is 0. The van der Waals surface area contributed by atoms with Gasteiger partial charge in [-0.3, -0.25) is 0 Å². The van der Waals surface area contributed by atoms with Gasteiger partial charge in [-0.05, 0) is 12.8 Å². The molecule has 2 nitrogen and oxygen atoms in total. The van der Waals surface area contributed by atoms with E-state index in [-0.39, 0.29) is 0 Å². The number of unbranched alkanes of at least 4 members (excludes halogenated alkanes) is 2. The fourth-order valence-electron chi connectivity index (χ4n) is 1.39. The number of aliphatic hydroxyl groups excluding tert-OH is 2. The maximum absolute atomic E-state index is 8.07. The van der Waals surface area contributed by atoms with Crippen molar-refractivity contribution in [2.75, 3.05) is 13.2 Å². The molecule has 0 fully saturated rings. The molecule has 2 N–H and O–H groups in total. The van der Waals surface area contributed by atoms with E-state index in [1.165, 1.54) is 10.8 Å².